The van der Waals surface area contributed by atoms with Crippen LogP contribution in [0.15, 0.2) is 6.20 Å². The molecule has 122 valence electrons. The molecule has 1 aliphatic rings. The van der Waals surface area contributed by atoms with Gasteiger partial charge in [-0.05, 0) is 26.2 Å². The van der Waals surface area contributed by atoms with Crippen LogP contribution in [-0.4, -0.2) is 57.3 Å². The van der Waals surface area contributed by atoms with E-state index in [0.29, 0.717) is 30.6 Å². The van der Waals surface area contributed by atoms with Gasteiger partial charge in [0, 0.05) is 39.8 Å². The highest BCUT2D eigenvalue weighted by Gasteiger charge is 2.36. The van der Waals surface area contributed by atoms with Crippen LogP contribution in [0.5, 0.6) is 0 Å². The molecule has 1 aromatic heterocycles. The lowest BCUT2D eigenvalue weighted by Crippen LogP contribution is -2.50. The zero-order chi connectivity index (χ0) is 16.3. The number of likely N-dealkylation sites (tertiary alicyclic amines) is 1. The molecule has 7 heteroatoms. The molecule has 1 atom stereocenters. The number of nitrogens with one attached hydrogen (secondary N) is 1. The van der Waals surface area contributed by atoms with Gasteiger partial charge in [-0.15, -0.1) is 0 Å². The number of aliphatic hydroxyl groups is 1. The normalized spacial score (nSPS) is 21.7. The van der Waals surface area contributed by atoms with Crippen LogP contribution in [0.25, 0.3) is 0 Å². The number of carbonyl (C=O) groups excluding carboxylic acids is 2. The van der Waals surface area contributed by atoms with E-state index in [1.807, 2.05) is 0 Å². The Morgan fingerprint density at radius 3 is 2.82 bits per heavy atom. The van der Waals surface area contributed by atoms with Gasteiger partial charge in [-0.25, -0.2) is 0 Å². The summed E-state index contributed by atoms with van der Waals surface area (Å²) in [6.07, 6.45) is 3.67. The molecule has 2 N–H and O–H groups in total. The lowest BCUT2D eigenvalue weighted by atomic mass is 9.88. The largest absolute Gasteiger partial charge is 0.388 e. The SMILES string of the molecule is CNC(=O)CC[C@]1(O)CCCN(C(=O)c2cn(C)nc2C)C1. The number of aromatic nitrogens is 2. The molecule has 1 aromatic rings. The van der Waals surface area contributed by atoms with Gasteiger partial charge in [-0.3, -0.25) is 14.3 Å². The highest BCUT2D eigenvalue weighted by molar-refractivity contribution is 5.95. The third kappa shape index (κ3) is 3.65. The second-order valence-electron chi connectivity index (χ2n) is 6.03. The summed E-state index contributed by atoms with van der Waals surface area (Å²) in [7, 11) is 3.36. The van der Waals surface area contributed by atoms with Gasteiger partial charge >= 0.3 is 0 Å². The van der Waals surface area contributed by atoms with Crippen molar-refractivity contribution in [1.29, 1.82) is 0 Å². The molecule has 0 bridgehead atoms. The Labute approximate surface area is 130 Å². The minimum absolute atomic E-state index is 0.0972. The predicted octanol–water partition coefficient (Wildman–Crippen LogP) is 0.222. The summed E-state index contributed by atoms with van der Waals surface area (Å²) in [6.45, 7) is 2.68. The molecule has 1 saturated heterocycles. The Bertz CT molecular complexity index is 569. The monoisotopic (exact) mass is 308 g/mol. The number of β-amino-alcohol motifs (C(OH)–C–C–N with tert-alkyl or cyclic N) is 1. The van der Waals surface area contributed by atoms with Crippen molar-refractivity contribution in [3.8, 4) is 0 Å². The van der Waals surface area contributed by atoms with Crippen molar-refractivity contribution < 1.29 is 14.7 Å². The number of piperidine rings is 1. The van der Waals surface area contributed by atoms with Crippen LogP contribution in [0.3, 0.4) is 0 Å². The average molecular weight is 308 g/mol. The molecule has 1 aliphatic heterocycles. The highest BCUT2D eigenvalue weighted by Crippen LogP contribution is 2.27. The number of rotatable bonds is 4. The van der Waals surface area contributed by atoms with Gasteiger partial charge < -0.3 is 15.3 Å². The van der Waals surface area contributed by atoms with Gasteiger partial charge in [0.2, 0.25) is 5.91 Å². The van der Waals surface area contributed by atoms with Crippen molar-refractivity contribution in [2.45, 2.75) is 38.2 Å². The minimum atomic E-state index is -0.990. The number of hydrogen-bond donors (Lipinski definition) is 2. The van der Waals surface area contributed by atoms with Crippen LogP contribution in [0.4, 0.5) is 0 Å². The van der Waals surface area contributed by atoms with Crippen LogP contribution in [0, 0.1) is 6.92 Å². The second-order valence-corrected chi connectivity index (χ2v) is 6.03. The fraction of sp³-hybridized carbons (Fsp3) is 0.667. The fourth-order valence-electron chi connectivity index (χ4n) is 2.94. The van der Waals surface area contributed by atoms with E-state index in [0.717, 1.165) is 6.42 Å². The van der Waals surface area contributed by atoms with E-state index in [1.54, 1.807) is 36.8 Å². The van der Waals surface area contributed by atoms with Crippen LogP contribution in [0.2, 0.25) is 0 Å². The number of carbonyl (C=O) groups is 2. The lowest BCUT2D eigenvalue weighted by Gasteiger charge is -2.39. The molecule has 0 aliphatic carbocycles. The third-order valence-electron chi connectivity index (χ3n) is 4.18. The Hall–Kier alpha value is -1.89. The van der Waals surface area contributed by atoms with Gasteiger partial charge in [0.15, 0.2) is 0 Å². The molecular formula is C15H24N4O3. The summed E-state index contributed by atoms with van der Waals surface area (Å²) in [5.41, 5.74) is 0.265. The number of aryl methyl sites for hydroxylation is 2. The number of hydrogen-bond acceptors (Lipinski definition) is 4. The highest BCUT2D eigenvalue weighted by atomic mass is 16.3. The van der Waals surface area contributed by atoms with Crippen LogP contribution < -0.4 is 5.32 Å². The van der Waals surface area contributed by atoms with Gasteiger partial charge in [-0.2, -0.15) is 5.10 Å². The molecule has 7 nitrogen and oxygen atoms in total. The second kappa shape index (κ2) is 6.48. The van der Waals surface area contributed by atoms with Crippen LogP contribution in [-0.2, 0) is 11.8 Å². The maximum atomic E-state index is 12.6. The summed E-state index contributed by atoms with van der Waals surface area (Å²) in [6, 6.07) is 0. The Morgan fingerprint density at radius 2 is 2.23 bits per heavy atom. The van der Waals surface area contributed by atoms with E-state index < -0.39 is 5.60 Å². The fourth-order valence-corrected chi connectivity index (χ4v) is 2.94. The predicted molar refractivity (Wildman–Crippen MR) is 81.3 cm³/mol. The van der Waals surface area contributed by atoms with Crippen molar-refractivity contribution in [2.24, 2.45) is 7.05 Å². The Balaban J connectivity index is 2.05. The first-order chi connectivity index (χ1) is 10.3. The van der Waals surface area contributed by atoms with Gasteiger partial charge in [0.05, 0.1) is 16.9 Å². The Kier molecular flexibility index (Phi) is 4.85. The van der Waals surface area contributed by atoms with Gasteiger partial charge in [0.25, 0.3) is 5.91 Å². The molecule has 2 amide bonds. The van der Waals surface area contributed by atoms with Crippen molar-refractivity contribution >= 4 is 11.8 Å². The molecule has 0 saturated carbocycles. The molecule has 2 heterocycles. The standard InChI is InChI=1S/C15H24N4O3/c1-11-12(9-18(3)17-11)14(21)19-8-4-6-15(22,10-19)7-5-13(20)16-2/h9,22H,4-8,10H2,1-3H3,(H,16,20)/t15-/m1/s1. The average Bonchev–Trinajstić information content (AvgIpc) is 2.82. The lowest BCUT2D eigenvalue weighted by molar-refractivity contribution is -0.122. The zero-order valence-corrected chi connectivity index (χ0v) is 13.4. The summed E-state index contributed by atoms with van der Waals surface area (Å²) in [5, 5.41) is 17.4. The van der Waals surface area contributed by atoms with Gasteiger partial charge in [-0.1, -0.05) is 0 Å². The number of amides is 2. The zero-order valence-electron chi connectivity index (χ0n) is 13.4. The molecule has 1 fully saturated rings. The Morgan fingerprint density at radius 1 is 1.50 bits per heavy atom. The van der Waals surface area contributed by atoms with Crippen molar-refractivity contribution in [3.05, 3.63) is 17.5 Å². The van der Waals surface area contributed by atoms with E-state index in [9.17, 15) is 14.7 Å². The van der Waals surface area contributed by atoms with Crippen LogP contribution in [0.1, 0.15) is 41.7 Å². The molecular weight excluding hydrogens is 284 g/mol. The molecule has 2 rings (SSSR count). The van der Waals surface area contributed by atoms with Crippen LogP contribution >= 0.6 is 0 Å². The van der Waals surface area contributed by atoms with E-state index in [4.69, 9.17) is 0 Å². The summed E-state index contributed by atoms with van der Waals surface area (Å²) >= 11 is 0. The molecule has 0 spiro atoms. The first kappa shape index (κ1) is 16.5. The minimum Gasteiger partial charge on any atom is -0.388 e. The summed E-state index contributed by atoms with van der Waals surface area (Å²) < 4.78 is 1.62. The van der Waals surface area contributed by atoms with E-state index in [1.165, 1.54) is 0 Å². The van der Waals surface area contributed by atoms with Crippen molar-refractivity contribution in [1.82, 2.24) is 20.0 Å². The maximum Gasteiger partial charge on any atom is 0.257 e. The van der Waals surface area contributed by atoms with Crippen molar-refractivity contribution in [2.75, 3.05) is 20.1 Å². The van der Waals surface area contributed by atoms with E-state index >= 15 is 0 Å². The smallest absolute Gasteiger partial charge is 0.257 e. The van der Waals surface area contributed by atoms with E-state index in [2.05, 4.69) is 10.4 Å². The maximum absolute atomic E-state index is 12.6. The summed E-state index contributed by atoms with van der Waals surface area (Å²) in [5.74, 6) is -0.205. The van der Waals surface area contributed by atoms with E-state index in [-0.39, 0.29) is 24.8 Å². The van der Waals surface area contributed by atoms with Gasteiger partial charge in [0.1, 0.15) is 0 Å². The first-order valence-corrected chi connectivity index (χ1v) is 7.57. The molecule has 0 unspecified atom stereocenters. The van der Waals surface area contributed by atoms with Crippen molar-refractivity contribution in [3.63, 3.8) is 0 Å². The quantitative estimate of drug-likeness (QED) is 0.833. The molecule has 0 radical (unpaired) electrons. The molecule has 22 heavy (non-hydrogen) atoms. The molecule has 0 aromatic carbocycles. The third-order valence-corrected chi connectivity index (χ3v) is 4.18. The summed E-state index contributed by atoms with van der Waals surface area (Å²) in [4.78, 5) is 25.6. The topological polar surface area (TPSA) is 87.5 Å². The number of nitrogens with zero attached hydrogens (tertiary/aromatic N) is 3. The first-order valence-electron chi connectivity index (χ1n) is 7.57.